The van der Waals surface area contributed by atoms with Crippen molar-refractivity contribution in [2.75, 3.05) is 19.7 Å². The first kappa shape index (κ1) is 22.6. The number of amides is 1. The maximum atomic E-state index is 13.8. The quantitative estimate of drug-likeness (QED) is 0.536. The molecule has 1 aromatic carbocycles. The van der Waals surface area contributed by atoms with Gasteiger partial charge in [-0.2, -0.15) is 13.2 Å². The summed E-state index contributed by atoms with van der Waals surface area (Å²) in [6.07, 6.45) is 0.00379. The number of ether oxygens (including phenoxy) is 1. The lowest BCUT2D eigenvalue weighted by Gasteiger charge is -2.35. The third-order valence-electron chi connectivity index (χ3n) is 8.75. The zero-order valence-corrected chi connectivity index (χ0v) is 20.2. The van der Waals surface area contributed by atoms with Crippen LogP contribution in [0.2, 0.25) is 0 Å². The van der Waals surface area contributed by atoms with Crippen LogP contribution in [0.3, 0.4) is 0 Å². The minimum Gasteiger partial charge on any atom is -0.493 e. The van der Waals surface area contributed by atoms with E-state index in [1.54, 1.807) is 52.3 Å². The number of aryl methyl sites for hydroxylation is 1. The van der Waals surface area contributed by atoms with Gasteiger partial charge >= 0.3 is 6.18 Å². The maximum Gasteiger partial charge on any atom is 0.398 e. The second-order valence-electron chi connectivity index (χ2n) is 10.9. The van der Waals surface area contributed by atoms with E-state index in [1.165, 1.54) is 4.57 Å². The van der Waals surface area contributed by atoms with Crippen molar-refractivity contribution in [2.24, 2.45) is 5.92 Å². The molecule has 2 aliphatic heterocycles. The SMILES string of the molecule is Cc1cn(-c2ccc3n(c2=O)CCN(CC24CC2COc2ccc(C5(C(F)(F)F)CC5)cc24)C3=O)cn1. The van der Waals surface area contributed by atoms with Crippen LogP contribution in [-0.4, -0.2) is 50.8 Å². The molecule has 2 aliphatic carbocycles. The van der Waals surface area contributed by atoms with Gasteiger partial charge in [0.15, 0.2) is 0 Å². The number of carbonyl (C=O) groups is 1. The molecule has 7 rings (SSSR count). The van der Waals surface area contributed by atoms with Crippen LogP contribution in [0.4, 0.5) is 13.2 Å². The topological polar surface area (TPSA) is 69.4 Å². The first-order valence-electron chi connectivity index (χ1n) is 12.5. The van der Waals surface area contributed by atoms with Crippen LogP contribution < -0.4 is 10.3 Å². The smallest absolute Gasteiger partial charge is 0.398 e. The summed E-state index contributed by atoms with van der Waals surface area (Å²) in [7, 11) is 0. The van der Waals surface area contributed by atoms with Gasteiger partial charge < -0.3 is 18.8 Å². The first-order chi connectivity index (χ1) is 17.6. The van der Waals surface area contributed by atoms with Gasteiger partial charge in [0.1, 0.15) is 17.1 Å². The van der Waals surface area contributed by atoms with E-state index in [1.807, 2.05) is 6.92 Å². The molecular weight excluding hydrogens is 485 g/mol. The van der Waals surface area contributed by atoms with Gasteiger partial charge in [-0.15, -0.1) is 0 Å². The van der Waals surface area contributed by atoms with Crippen molar-refractivity contribution in [1.82, 2.24) is 19.0 Å². The molecule has 3 aromatic rings. The minimum absolute atomic E-state index is 0.101. The summed E-state index contributed by atoms with van der Waals surface area (Å²) in [6.45, 7) is 3.43. The Hall–Kier alpha value is -3.56. The van der Waals surface area contributed by atoms with Gasteiger partial charge in [0, 0.05) is 42.7 Å². The lowest BCUT2D eigenvalue weighted by atomic mass is 9.85. The van der Waals surface area contributed by atoms with E-state index in [2.05, 4.69) is 4.98 Å². The average Bonchev–Trinajstić information content (AvgIpc) is 3.77. The van der Waals surface area contributed by atoms with Gasteiger partial charge in [-0.1, -0.05) is 12.1 Å². The average molecular weight is 511 g/mol. The van der Waals surface area contributed by atoms with E-state index < -0.39 is 17.0 Å². The van der Waals surface area contributed by atoms with Crippen LogP contribution >= 0.6 is 0 Å². The second-order valence-corrected chi connectivity index (χ2v) is 10.9. The molecule has 0 bridgehead atoms. The predicted octanol–water partition coefficient (Wildman–Crippen LogP) is 3.74. The number of carbonyl (C=O) groups excluding carboxylic acids is 1. The largest absolute Gasteiger partial charge is 0.493 e. The zero-order chi connectivity index (χ0) is 25.7. The molecular formula is C27H25F3N4O3. The third kappa shape index (κ3) is 3.17. The van der Waals surface area contributed by atoms with Crippen molar-refractivity contribution >= 4 is 5.91 Å². The maximum absolute atomic E-state index is 13.8. The highest BCUT2D eigenvalue weighted by atomic mass is 19.4. The number of pyridine rings is 1. The van der Waals surface area contributed by atoms with Crippen LogP contribution in [0.25, 0.3) is 5.69 Å². The van der Waals surface area contributed by atoms with Gasteiger partial charge in [-0.05, 0) is 49.9 Å². The number of imidazole rings is 1. The third-order valence-corrected chi connectivity index (χ3v) is 8.75. The molecule has 2 saturated carbocycles. The van der Waals surface area contributed by atoms with Gasteiger partial charge in [0.05, 0.1) is 24.0 Å². The molecule has 192 valence electrons. The summed E-state index contributed by atoms with van der Waals surface area (Å²) in [5.74, 6) is 0.520. The van der Waals surface area contributed by atoms with Crippen molar-refractivity contribution in [2.45, 2.75) is 49.7 Å². The summed E-state index contributed by atoms with van der Waals surface area (Å²) in [6, 6.07) is 8.19. The van der Waals surface area contributed by atoms with E-state index in [4.69, 9.17) is 4.74 Å². The fourth-order valence-corrected chi connectivity index (χ4v) is 6.30. The second kappa shape index (κ2) is 7.26. The Morgan fingerprint density at radius 2 is 1.95 bits per heavy atom. The van der Waals surface area contributed by atoms with Gasteiger partial charge in [-0.25, -0.2) is 4.98 Å². The molecule has 37 heavy (non-hydrogen) atoms. The molecule has 1 amide bonds. The van der Waals surface area contributed by atoms with E-state index in [0.717, 1.165) is 17.7 Å². The molecule has 10 heteroatoms. The molecule has 0 saturated heterocycles. The van der Waals surface area contributed by atoms with Crippen LogP contribution in [0, 0.1) is 12.8 Å². The molecule has 2 atom stereocenters. The molecule has 7 nitrogen and oxygen atoms in total. The fraction of sp³-hybridized carbons (Fsp3) is 0.444. The molecule has 4 heterocycles. The number of alkyl halides is 3. The number of rotatable bonds is 4. The number of fused-ring (bicyclic) bond motifs is 4. The highest BCUT2D eigenvalue weighted by Crippen LogP contribution is 2.63. The van der Waals surface area contributed by atoms with Crippen molar-refractivity contribution in [3.8, 4) is 11.4 Å². The van der Waals surface area contributed by atoms with Gasteiger partial charge in [0.2, 0.25) is 0 Å². The Balaban J connectivity index is 1.20. The number of hydrogen-bond acceptors (Lipinski definition) is 4. The molecule has 2 aromatic heterocycles. The standard InChI is InChI=1S/C27H25F3N4O3/c1-16-12-33(15-31-16)20-3-4-21-23(35)32(8-9-34(21)24(20)36)14-25-11-18(25)13-37-22-5-2-17(10-19(22)25)26(6-7-26)27(28,29)30/h2-5,10,12,15,18H,6-9,11,13-14H2,1H3. The molecule has 0 radical (unpaired) electrons. The number of nitrogens with zero attached hydrogens (tertiary/aromatic N) is 4. The minimum atomic E-state index is -4.29. The lowest BCUT2D eigenvalue weighted by Crippen LogP contribution is -2.48. The Labute approximate surface area is 210 Å². The number of halogens is 3. The van der Waals surface area contributed by atoms with Crippen molar-refractivity contribution in [1.29, 1.82) is 0 Å². The monoisotopic (exact) mass is 510 g/mol. The highest BCUT2D eigenvalue weighted by Gasteiger charge is 2.65. The summed E-state index contributed by atoms with van der Waals surface area (Å²) in [5.41, 5.74) is 0.154. The Kier molecular flexibility index (Phi) is 4.44. The van der Waals surface area contributed by atoms with Crippen molar-refractivity contribution < 1.29 is 22.7 Å². The Morgan fingerprint density at radius 3 is 2.65 bits per heavy atom. The molecule has 4 aliphatic rings. The Morgan fingerprint density at radius 1 is 1.14 bits per heavy atom. The predicted molar refractivity (Wildman–Crippen MR) is 127 cm³/mol. The summed E-state index contributed by atoms with van der Waals surface area (Å²) < 4.78 is 50.5. The highest BCUT2D eigenvalue weighted by molar-refractivity contribution is 5.93. The van der Waals surface area contributed by atoms with E-state index >= 15 is 0 Å². The molecule has 0 N–H and O–H groups in total. The number of benzene rings is 1. The van der Waals surface area contributed by atoms with E-state index in [-0.39, 0.29) is 30.2 Å². The van der Waals surface area contributed by atoms with Gasteiger partial charge in [0.25, 0.3) is 11.5 Å². The zero-order valence-electron chi connectivity index (χ0n) is 20.2. The summed E-state index contributed by atoms with van der Waals surface area (Å²) >= 11 is 0. The van der Waals surface area contributed by atoms with E-state index in [0.29, 0.717) is 48.9 Å². The first-order valence-corrected chi connectivity index (χ1v) is 12.5. The number of hydrogen-bond donors (Lipinski definition) is 0. The molecule has 2 unspecified atom stereocenters. The van der Waals surface area contributed by atoms with Crippen molar-refractivity contribution in [3.05, 3.63) is 75.7 Å². The molecule has 2 fully saturated rings. The summed E-state index contributed by atoms with van der Waals surface area (Å²) in [5, 5.41) is 0. The lowest BCUT2D eigenvalue weighted by molar-refractivity contribution is -0.160. The van der Waals surface area contributed by atoms with Crippen molar-refractivity contribution in [3.63, 3.8) is 0 Å². The molecule has 0 spiro atoms. The Bertz CT molecular complexity index is 1520. The fourth-order valence-electron chi connectivity index (χ4n) is 6.30. The van der Waals surface area contributed by atoms with Crippen LogP contribution in [0.1, 0.15) is 46.6 Å². The van der Waals surface area contributed by atoms with Crippen LogP contribution in [0.15, 0.2) is 47.7 Å². The van der Waals surface area contributed by atoms with E-state index in [9.17, 15) is 22.8 Å². The summed E-state index contributed by atoms with van der Waals surface area (Å²) in [4.78, 5) is 32.6. The van der Waals surface area contributed by atoms with Crippen LogP contribution in [-0.2, 0) is 17.4 Å². The number of aromatic nitrogens is 3. The normalized spacial score (nSPS) is 25.1. The van der Waals surface area contributed by atoms with Gasteiger partial charge in [-0.3, -0.25) is 9.59 Å². The van der Waals surface area contributed by atoms with Crippen LogP contribution in [0.5, 0.6) is 5.75 Å².